The van der Waals surface area contributed by atoms with Gasteiger partial charge in [-0.25, -0.2) is 0 Å². The molecule has 1 saturated heterocycles. The Morgan fingerprint density at radius 3 is 1.43 bits per heavy atom. The van der Waals surface area contributed by atoms with Crippen molar-refractivity contribution in [2.24, 2.45) is 0 Å². The van der Waals surface area contributed by atoms with Crippen LogP contribution in [-0.4, -0.2) is 50.0 Å². The molecule has 0 aliphatic carbocycles. The third kappa shape index (κ3) is 17.6. The van der Waals surface area contributed by atoms with E-state index < -0.39 is 22.5 Å². The molecule has 3 unspecified atom stereocenters. The molecule has 0 aromatic carbocycles. The van der Waals surface area contributed by atoms with Gasteiger partial charge in [-0.3, -0.25) is 14.5 Å². The topological polar surface area (TPSA) is 80.7 Å². The molecule has 1 N–H and O–H groups in total. The van der Waals surface area contributed by atoms with E-state index in [4.69, 9.17) is 0 Å². The van der Waals surface area contributed by atoms with Crippen LogP contribution in [0.4, 0.5) is 0 Å². The maximum absolute atomic E-state index is 12.4. The Morgan fingerprint density at radius 1 is 0.730 bits per heavy atom. The number of rotatable bonds is 26. The molecule has 0 radical (unpaired) electrons. The lowest BCUT2D eigenvalue weighted by molar-refractivity contribution is -0.138. The maximum atomic E-state index is 12.4. The maximum Gasteiger partial charge on any atom is 0.282 e. The number of aliphatic hydroxyl groups is 1. The molecule has 0 aromatic rings. The fourth-order valence-corrected chi connectivity index (χ4v) is 6.71. The number of imide groups is 1. The zero-order chi connectivity index (χ0) is 27.1. The van der Waals surface area contributed by atoms with Crippen LogP contribution in [0.2, 0.25) is 0 Å². The van der Waals surface area contributed by atoms with Gasteiger partial charge in [0.2, 0.25) is 11.2 Å². The van der Waals surface area contributed by atoms with E-state index in [1.165, 1.54) is 127 Å². The summed E-state index contributed by atoms with van der Waals surface area (Å²) in [6.07, 6.45) is 28.7. The van der Waals surface area contributed by atoms with Crippen LogP contribution in [0.15, 0.2) is 0 Å². The molecule has 2 amide bonds. The lowest BCUT2D eigenvalue weighted by atomic mass is 10.0. The van der Waals surface area contributed by atoms with Gasteiger partial charge in [-0.1, -0.05) is 142 Å². The summed E-state index contributed by atoms with van der Waals surface area (Å²) in [6, 6.07) is 0. The second-order valence-corrected chi connectivity index (χ2v) is 13.1. The van der Waals surface area contributed by atoms with Crippen molar-refractivity contribution in [3.63, 3.8) is 0 Å². The van der Waals surface area contributed by atoms with Crippen LogP contribution < -0.4 is 0 Å². The Bertz CT molecular complexity index is 571. The van der Waals surface area contributed by atoms with Crippen LogP contribution in [0.1, 0.15) is 162 Å². The van der Waals surface area contributed by atoms with E-state index in [1.54, 1.807) is 6.92 Å². The van der Waals surface area contributed by atoms with Crippen LogP contribution in [0, 0.1) is 0 Å². The highest BCUT2D eigenvalue weighted by atomic mass is 32.2. The van der Waals surface area contributed by atoms with Gasteiger partial charge in [0.05, 0.1) is 12.5 Å². The molecule has 3 atom stereocenters. The molecule has 37 heavy (non-hydrogen) atoms. The van der Waals surface area contributed by atoms with Gasteiger partial charge in [0, 0.05) is 6.54 Å². The van der Waals surface area contributed by atoms with Gasteiger partial charge in [0.25, 0.3) is 5.91 Å². The molecule has 0 spiro atoms. The van der Waals surface area contributed by atoms with Crippen LogP contribution >= 0.6 is 0 Å². The number of hydrogen-bond acceptors (Lipinski definition) is 4. The molecule has 6 heteroatoms. The summed E-state index contributed by atoms with van der Waals surface area (Å²) in [5.41, 5.74) is 0. The minimum atomic E-state index is -1.48. The standard InChI is InChI=1S/C31H59NO4S/c1-3-4-5-6-7-8-9-10-11-12-13-14-15-16-17-18-19-20-21-22-23-24-25-32-30(34)26-29(31(32)35)37(36)27-28(2)33/h28-29,33H,3-27H2,1-2H3. The normalized spacial score (nSPS) is 17.6. The molecule has 0 aromatic heterocycles. The molecule has 1 fully saturated rings. The quantitative estimate of drug-likeness (QED) is 0.0687. The Balaban J connectivity index is 1.83. The van der Waals surface area contributed by atoms with Crippen molar-refractivity contribution in [3.05, 3.63) is 0 Å². The van der Waals surface area contributed by atoms with E-state index in [0.717, 1.165) is 19.3 Å². The second-order valence-electron chi connectivity index (χ2n) is 11.4. The molecular weight excluding hydrogens is 482 g/mol. The number of aliphatic hydroxyl groups excluding tert-OH is 1. The molecule has 1 heterocycles. The summed E-state index contributed by atoms with van der Waals surface area (Å²) in [5, 5.41) is 8.63. The lowest BCUT2D eigenvalue weighted by Gasteiger charge is -2.18. The minimum Gasteiger partial charge on any atom is -0.616 e. The number of carbonyl (C=O) groups excluding carboxylic acids is 2. The van der Waals surface area contributed by atoms with Crippen molar-refractivity contribution < 1.29 is 19.2 Å². The van der Waals surface area contributed by atoms with Gasteiger partial charge in [0.1, 0.15) is 5.75 Å². The third-order valence-electron chi connectivity index (χ3n) is 7.66. The fraction of sp³-hybridized carbons (Fsp3) is 0.935. The van der Waals surface area contributed by atoms with Crippen molar-refractivity contribution >= 4 is 23.0 Å². The van der Waals surface area contributed by atoms with E-state index in [1.807, 2.05) is 0 Å². The number of hydrogen-bond donors (Lipinski definition) is 1. The summed E-state index contributed by atoms with van der Waals surface area (Å²) in [6.45, 7) is 4.28. The lowest BCUT2D eigenvalue weighted by Crippen LogP contribution is -2.38. The third-order valence-corrected chi connectivity index (χ3v) is 9.47. The van der Waals surface area contributed by atoms with Crippen molar-refractivity contribution in [2.75, 3.05) is 12.3 Å². The SMILES string of the molecule is CCCCCCCCCCCCCCCCCCCCCCCCN1C(=O)CC([S+]([O-])CC(C)O)C1=O. The zero-order valence-electron chi connectivity index (χ0n) is 24.4. The second kappa shape index (κ2) is 23.3. The Morgan fingerprint density at radius 2 is 1.08 bits per heavy atom. The highest BCUT2D eigenvalue weighted by Gasteiger charge is 2.45. The van der Waals surface area contributed by atoms with E-state index in [9.17, 15) is 19.2 Å². The van der Waals surface area contributed by atoms with Crippen molar-refractivity contribution in [2.45, 2.75) is 173 Å². The molecule has 1 rings (SSSR count). The van der Waals surface area contributed by atoms with Gasteiger partial charge in [-0.2, -0.15) is 0 Å². The van der Waals surface area contributed by atoms with Gasteiger partial charge in [-0.05, 0) is 24.5 Å². The van der Waals surface area contributed by atoms with E-state index in [2.05, 4.69) is 6.92 Å². The molecule has 0 saturated carbocycles. The van der Waals surface area contributed by atoms with E-state index in [-0.39, 0.29) is 24.0 Å². The van der Waals surface area contributed by atoms with Gasteiger partial charge >= 0.3 is 0 Å². The summed E-state index contributed by atoms with van der Waals surface area (Å²) < 4.78 is 12.2. The molecular formula is C31H59NO4S. The average Bonchev–Trinajstić information content (AvgIpc) is 3.15. The molecule has 218 valence electrons. The summed E-state index contributed by atoms with van der Waals surface area (Å²) in [5.74, 6) is -0.471. The minimum absolute atomic E-state index is 0.0253. The van der Waals surface area contributed by atoms with E-state index >= 15 is 0 Å². The highest BCUT2D eigenvalue weighted by Crippen LogP contribution is 2.22. The first kappa shape index (κ1) is 34.4. The van der Waals surface area contributed by atoms with Gasteiger partial charge in [-0.15, -0.1) is 0 Å². The predicted molar refractivity (Wildman–Crippen MR) is 157 cm³/mol. The Labute approximate surface area is 232 Å². The van der Waals surface area contributed by atoms with Crippen LogP contribution in [0.3, 0.4) is 0 Å². The Hall–Kier alpha value is -0.590. The largest absolute Gasteiger partial charge is 0.616 e. The number of likely N-dealkylation sites (tertiary alicyclic amines) is 1. The number of unbranched alkanes of at least 4 members (excludes halogenated alkanes) is 21. The van der Waals surface area contributed by atoms with Gasteiger partial charge in [0.15, 0.2) is 0 Å². The predicted octanol–water partition coefficient (Wildman–Crippen LogP) is 7.85. The smallest absolute Gasteiger partial charge is 0.282 e. The average molecular weight is 542 g/mol. The zero-order valence-corrected chi connectivity index (χ0v) is 25.2. The van der Waals surface area contributed by atoms with Crippen LogP contribution in [0.25, 0.3) is 0 Å². The first-order chi connectivity index (χ1) is 18.0. The summed E-state index contributed by atoms with van der Waals surface area (Å²) >= 11 is -1.48. The highest BCUT2D eigenvalue weighted by molar-refractivity contribution is 7.92. The number of carbonyl (C=O) groups is 2. The summed E-state index contributed by atoms with van der Waals surface area (Å²) in [4.78, 5) is 25.9. The number of nitrogens with zero attached hydrogens (tertiary/aromatic N) is 1. The molecule has 1 aliphatic rings. The summed E-state index contributed by atoms with van der Waals surface area (Å²) in [7, 11) is 0. The van der Waals surface area contributed by atoms with Crippen LogP contribution in [-0.2, 0) is 20.8 Å². The molecule has 1 aliphatic heterocycles. The van der Waals surface area contributed by atoms with E-state index in [0.29, 0.717) is 6.54 Å². The van der Waals surface area contributed by atoms with Crippen molar-refractivity contribution in [1.82, 2.24) is 4.90 Å². The first-order valence-corrected chi connectivity index (χ1v) is 17.2. The molecule has 5 nitrogen and oxygen atoms in total. The van der Waals surface area contributed by atoms with Crippen molar-refractivity contribution in [3.8, 4) is 0 Å². The monoisotopic (exact) mass is 541 g/mol. The molecule has 0 bridgehead atoms. The number of amides is 2. The van der Waals surface area contributed by atoms with Gasteiger partial charge < -0.3 is 9.66 Å². The van der Waals surface area contributed by atoms with Crippen LogP contribution in [0.5, 0.6) is 0 Å². The van der Waals surface area contributed by atoms with Crippen molar-refractivity contribution in [1.29, 1.82) is 0 Å². The Kier molecular flexibility index (Phi) is 21.7. The first-order valence-electron chi connectivity index (χ1n) is 15.9. The fourth-order valence-electron chi connectivity index (χ4n) is 5.33.